The van der Waals surface area contributed by atoms with Gasteiger partial charge in [0.2, 0.25) is 0 Å². The molecule has 1 aromatic rings. The van der Waals surface area contributed by atoms with E-state index in [0.29, 0.717) is 12.8 Å². The molecule has 1 atom stereocenters. The maximum atomic E-state index is 11.6. The Morgan fingerprint density at radius 2 is 2.33 bits per heavy atom. The first-order valence-electron chi connectivity index (χ1n) is 5.07. The van der Waals surface area contributed by atoms with Crippen LogP contribution in [0.5, 0.6) is 0 Å². The van der Waals surface area contributed by atoms with Crippen molar-refractivity contribution in [2.45, 2.75) is 32.8 Å². The molecule has 0 radical (unpaired) electrons. The number of methoxy groups -OCH3 is 1. The number of hydrogen-bond acceptors (Lipinski definition) is 3. The van der Waals surface area contributed by atoms with Crippen LogP contribution in [0.25, 0.3) is 0 Å². The van der Waals surface area contributed by atoms with E-state index in [1.165, 1.54) is 0 Å². The van der Waals surface area contributed by atoms with E-state index < -0.39 is 0 Å². The van der Waals surface area contributed by atoms with Crippen LogP contribution in [0.3, 0.4) is 0 Å². The van der Waals surface area contributed by atoms with Crippen molar-refractivity contribution in [2.24, 2.45) is 7.05 Å². The monoisotopic (exact) mass is 210 g/mol. The molecule has 0 amide bonds. The number of carbonyl (C=O) groups is 1. The average molecular weight is 210 g/mol. The van der Waals surface area contributed by atoms with Gasteiger partial charge < -0.3 is 4.74 Å². The van der Waals surface area contributed by atoms with Crippen LogP contribution in [0.1, 0.15) is 24.7 Å². The van der Waals surface area contributed by atoms with Crippen molar-refractivity contribution in [2.75, 3.05) is 7.11 Å². The highest BCUT2D eigenvalue weighted by atomic mass is 16.5. The van der Waals surface area contributed by atoms with E-state index in [4.69, 9.17) is 4.74 Å². The van der Waals surface area contributed by atoms with Crippen molar-refractivity contribution in [3.63, 3.8) is 0 Å². The van der Waals surface area contributed by atoms with Crippen LogP contribution in [0.2, 0.25) is 0 Å². The third-order valence-electron chi connectivity index (χ3n) is 2.39. The number of aromatic nitrogens is 2. The highest BCUT2D eigenvalue weighted by Crippen LogP contribution is 2.06. The minimum Gasteiger partial charge on any atom is -0.381 e. The first-order chi connectivity index (χ1) is 7.02. The molecule has 0 aliphatic carbocycles. The summed E-state index contributed by atoms with van der Waals surface area (Å²) in [7, 11) is 3.47. The SMILES string of the molecule is COC(C)CC(=O)Cc1cc(C)nn1C. The largest absolute Gasteiger partial charge is 0.381 e. The third-order valence-corrected chi connectivity index (χ3v) is 2.39. The summed E-state index contributed by atoms with van der Waals surface area (Å²) < 4.78 is 6.81. The summed E-state index contributed by atoms with van der Waals surface area (Å²) in [6, 6.07) is 1.94. The fourth-order valence-corrected chi connectivity index (χ4v) is 1.51. The maximum absolute atomic E-state index is 11.6. The lowest BCUT2D eigenvalue weighted by molar-refractivity contribution is -0.120. The van der Waals surface area contributed by atoms with E-state index in [9.17, 15) is 4.79 Å². The Bertz CT molecular complexity index is 344. The number of rotatable bonds is 5. The first kappa shape index (κ1) is 11.9. The molecule has 0 aliphatic rings. The number of ketones is 1. The maximum Gasteiger partial charge on any atom is 0.141 e. The van der Waals surface area contributed by atoms with Gasteiger partial charge in [0, 0.05) is 32.7 Å². The van der Waals surface area contributed by atoms with Crippen molar-refractivity contribution in [1.82, 2.24) is 9.78 Å². The van der Waals surface area contributed by atoms with Crippen molar-refractivity contribution in [3.8, 4) is 0 Å². The van der Waals surface area contributed by atoms with Gasteiger partial charge in [0.25, 0.3) is 0 Å². The van der Waals surface area contributed by atoms with Gasteiger partial charge in [0.15, 0.2) is 0 Å². The van der Waals surface area contributed by atoms with E-state index >= 15 is 0 Å². The summed E-state index contributed by atoms with van der Waals surface area (Å²) in [4.78, 5) is 11.6. The molecule has 15 heavy (non-hydrogen) atoms. The molecule has 0 aliphatic heterocycles. The minimum atomic E-state index is -0.00757. The molecular weight excluding hydrogens is 192 g/mol. The van der Waals surface area contributed by atoms with Crippen LogP contribution < -0.4 is 0 Å². The van der Waals surface area contributed by atoms with Crippen LogP contribution in [-0.2, 0) is 23.0 Å². The molecule has 0 N–H and O–H groups in total. The number of hydrogen-bond donors (Lipinski definition) is 0. The Morgan fingerprint density at radius 3 is 2.80 bits per heavy atom. The zero-order valence-corrected chi connectivity index (χ0v) is 9.78. The van der Waals surface area contributed by atoms with Gasteiger partial charge in [-0.2, -0.15) is 5.10 Å². The van der Waals surface area contributed by atoms with Crippen LogP contribution in [-0.4, -0.2) is 28.8 Å². The van der Waals surface area contributed by atoms with Crippen molar-refractivity contribution >= 4 is 5.78 Å². The summed E-state index contributed by atoms with van der Waals surface area (Å²) in [5.74, 6) is 0.187. The average Bonchev–Trinajstić information content (AvgIpc) is 2.44. The van der Waals surface area contributed by atoms with E-state index in [1.54, 1.807) is 11.8 Å². The normalized spacial score (nSPS) is 12.8. The predicted molar refractivity (Wildman–Crippen MR) is 57.7 cm³/mol. The predicted octanol–water partition coefficient (Wildman–Crippen LogP) is 1.27. The quantitative estimate of drug-likeness (QED) is 0.735. The Labute approximate surface area is 90.2 Å². The molecule has 4 nitrogen and oxygen atoms in total. The summed E-state index contributed by atoms with van der Waals surface area (Å²) in [5, 5.41) is 4.20. The highest BCUT2D eigenvalue weighted by molar-refractivity contribution is 5.80. The lowest BCUT2D eigenvalue weighted by Gasteiger charge is -2.07. The van der Waals surface area contributed by atoms with Crippen LogP contribution in [0.15, 0.2) is 6.07 Å². The Morgan fingerprint density at radius 1 is 1.67 bits per heavy atom. The molecule has 1 aromatic heterocycles. The third kappa shape index (κ3) is 3.47. The minimum absolute atomic E-state index is 0.00757. The van der Waals surface area contributed by atoms with Crippen LogP contribution in [0.4, 0.5) is 0 Å². The highest BCUT2D eigenvalue weighted by Gasteiger charge is 2.11. The molecule has 0 bridgehead atoms. The standard InChI is InChI=1S/C11H18N2O2/c1-8-5-10(13(3)12-8)7-11(14)6-9(2)15-4/h5,9H,6-7H2,1-4H3. The number of Topliss-reactive ketones (excluding diaryl/α,β-unsaturated/α-hetero) is 1. The summed E-state index contributed by atoms with van der Waals surface area (Å²) >= 11 is 0. The van der Waals surface area contributed by atoms with Gasteiger partial charge in [-0.1, -0.05) is 0 Å². The molecule has 1 unspecified atom stereocenters. The molecular formula is C11H18N2O2. The molecule has 0 spiro atoms. The smallest absolute Gasteiger partial charge is 0.141 e. The summed E-state index contributed by atoms with van der Waals surface area (Å²) in [5.41, 5.74) is 1.90. The molecule has 0 aromatic carbocycles. The van der Waals surface area contributed by atoms with Gasteiger partial charge in [-0.25, -0.2) is 0 Å². The Hall–Kier alpha value is -1.16. The number of aryl methyl sites for hydroxylation is 2. The number of nitrogens with zero attached hydrogens (tertiary/aromatic N) is 2. The second kappa shape index (κ2) is 5.07. The summed E-state index contributed by atoms with van der Waals surface area (Å²) in [6.07, 6.45) is 0.887. The molecule has 1 rings (SSSR count). The second-order valence-corrected chi connectivity index (χ2v) is 3.87. The zero-order valence-electron chi connectivity index (χ0n) is 9.78. The van der Waals surface area contributed by atoms with Gasteiger partial charge in [-0.05, 0) is 19.9 Å². The molecule has 0 saturated carbocycles. The second-order valence-electron chi connectivity index (χ2n) is 3.87. The van der Waals surface area contributed by atoms with E-state index in [1.807, 2.05) is 27.0 Å². The Kier molecular flexibility index (Phi) is 4.03. The van der Waals surface area contributed by atoms with E-state index in [-0.39, 0.29) is 11.9 Å². The lowest BCUT2D eigenvalue weighted by atomic mass is 10.1. The van der Waals surface area contributed by atoms with Gasteiger partial charge >= 0.3 is 0 Å². The molecule has 4 heteroatoms. The fourth-order valence-electron chi connectivity index (χ4n) is 1.51. The van der Waals surface area contributed by atoms with Crippen molar-refractivity contribution < 1.29 is 9.53 Å². The Balaban J connectivity index is 2.55. The number of ether oxygens (including phenoxy) is 1. The van der Waals surface area contributed by atoms with Crippen LogP contribution in [0, 0.1) is 6.92 Å². The van der Waals surface area contributed by atoms with Crippen LogP contribution >= 0.6 is 0 Å². The first-order valence-corrected chi connectivity index (χ1v) is 5.07. The number of carbonyl (C=O) groups excluding carboxylic acids is 1. The van der Waals surface area contributed by atoms with Gasteiger partial charge in [-0.15, -0.1) is 0 Å². The molecule has 84 valence electrons. The molecule has 1 heterocycles. The van der Waals surface area contributed by atoms with Gasteiger partial charge in [-0.3, -0.25) is 9.48 Å². The topological polar surface area (TPSA) is 44.1 Å². The van der Waals surface area contributed by atoms with Crippen molar-refractivity contribution in [1.29, 1.82) is 0 Å². The molecule has 0 fully saturated rings. The summed E-state index contributed by atoms with van der Waals surface area (Å²) in [6.45, 7) is 3.82. The molecule has 0 saturated heterocycles. The fraction of sp³-hybridized carbons (Fsp3) is 0.636. The van der Waals surface area contributed by atoms with Crippen molar-refractivity contribution in [3.05, 3.63) is 17.5 Å². The van der Waals surface area contributed by atoms with Gasteiger partial charge in [0.1, 0.15) is 5.78 Å². The lowest BCUT2D eigenvalue weighted by Crippen LogP contribution is -2.15. The zero-order chi connectivity index (χ0) is 11.4. The van der Waals surface area contributed by atoms with Gasteiger partial charge in [0.05, 0.1) is 11.8 Å². The van der Waals surface area contributed by atoms with E-state index in [2.05, 4.69) is 5.10 Å². The van der Waals surface area contributed by atoms with E-state index in [0.717, 1.165) is 11.4 Å².